The van der Waals surface area contributed by atoms with Crippen molar-refractivity contribution < 1.29 is 14.1 Å². The van der Waals surface area contributed by atoms with Gasteiger partial charge in [-0.05, 0) is 13.0 Å². The van der Waals surface area contributed by atoms with Gasteiger partial charge < -0.3 is 5.73 Å². The highest BCUT2D eigenvalue weighted by molar-refractivity contribution is 6.00. The Morgan fingerprint density at radius 3 is 2.57 bits per heavy atom. The van der Waals surface area contributed by atoms with Crippen molar-refractivity contribution in [3.8, 4) is 0 Å². The van der Waals surface area contributed by atoms with Gasteiger partial charge in [-0.25, -0.2) is 0 Å². The van der Waals surface area contributed by atoms with E-state index in [1.54, 1.807) is 0 Å². The molecule has 0 saturated carbocycles. The summed E-state index contributed by atoms with van der Waals surface area (Å²) in [7, 11) is 0. The highest BCUT2D eigenvalue weighted by Gasteiger charge is 2.22. The first-order valence-corrected chi connectivity index (χ1v) is 3.68. The number of nitrogens with zero attached hydrogens (tertiary/aromatic N) is 1. The van der Waals surface area contributed by atoms with Gasteiger partial charge in [-0.15, -0.1) is 0 Å². The van der Waals surface area contributed by atoms with Gasteiger partial charge in [-0.2, -0.15) is 4.39 Å². The molecule has 0 radical (unpaired) electrons. The van der Waals surface area contributed by atoms with E-state index in [1.807, 2.05) is 0 Å². The first-order valence-electron chi connectivity index (χ1n) is 3.68. The second-order valence-corrected chi connectivity index (χ2v) is 2.68. The third-order valence-electron chi connectivity index (χ3n) is 1.70. The molecule has 0 aliphatic rings. The molecule has 1 rings (SSSR count). The van der Waals surface area contributed by atoms with Crippen molar-refractivity contribution in [2.24, 2.45) is 0 Å². The van der Waals surface area contributed by atoms with Crippen LogP contribution in [0, 0.1) is 15.9 Å². The number of ketones is 1. The van der Waals surface area contributed by atoms with Crippen LogP contribution in [0.1, 0.15) is 17.3 Å². The van der Waals surface area contributed by atoms with Crippen LogP contribution < -0.4 is 5.73 Å². The third-order valence-corrected chi connectivity index (χ3v) is 1.70. The number of rotatable bonds is 2. The maximum absolute atomic E-state index is 13.3. The topological polar surface area (TPSA) is 86.2 Å². The molecule has 2 N–H and O–H groups in total. The summed E-state index contributed by atoms with van der Waals surface area (Å²) in [4.78, 5) is 20.3. The number of nitrogen functional groups attached to an aromatic ring is 1. The standard InChI is InChI=1S/C8H7FN2O3/c1-4(12)7-5(10)2-3-6(8(7)9)11(13)14/h2-3H,10H2,1H3. The lowest BCUT2D eigenvalue weighted by Gasteiger charge is -2.02. The number of Topliss-reactive ketones (excluding diaryl/α,β-unsaturated/α-hetero) is 1. The van der Waals surface area contributed by atoms with E-state index >= 15 is 0 Å². The predicted molar refractivity (Wildman–Crippen MR) is 47.5 cm³/mol. The number of carbonyl (C=O) groups excluding carboxylic acids is 1. The Bertz CT molecular complexity index is 417. The number of nitrogens with two attached hydrogens (primary N) is 1. The van der Waals surface area contributed by atoms with Crippen LogP contribution in [0.2, 0.25) is 0 Å². The summed E-state index contributed by atoms with van der Waals surface area (Å²) in [5.74, 6) is -1.81. The van der Waals surface area contributed by atoms with Crippen LogP contribution in [0.25, 0.3) is 0 Å². The highest BCUT2D eigenvalue weighted by Crippen LogP contribution is 2.25. The van der Waals surface area contributed by atoms with Crippen LogP contribution in [0.4, 0.5) is 15.8 Å². The molecular weight excluding hydrogens is 191 g/mol. The lowest BCUT2D eigenvalue weighted by Crippen LogP contribution is -2.06. The molecule has 0 bridgehead atoms. The molecule has 0 aliphatic heterocycles. The van der Waals surface area contributed by atoms with Gasteiger partial charge in [0.05, 0.1) is 10.5 Å². The van der Waals surface area contributed by atoms with Crippen LogP contribution in [-0.2, 0) is 0 Å². The fourth-order valence-electron chi connectivity index (χ4n) is 1.08. The van der Waals surface area contributed by atoms with Gasteiger partial charge in [0.2, 0.25) is 5.82 Å². The molecule has 14 heavy (non-hydrogen) atoms. The summed E-state index contributed by atoms with van der Waals surface area (Å²) in [6.07, 6.45) is 0. The van der Waals surface area contributed by atoms with Gasteiger partial charge in [0.1, 0.15) is 0 Å². The van der Waals surface area contributed by atoms with Crippen LogP contribution in [0.3, 0.4) is 0 Å². The fourth-order valence-corrected chi connectivity index (χ4v) is 1.08. The molecule has 0 atom stereocenters. The number of nitro benzene ring substituents is 1. The van der Waals surface area contributed by atoms with Gasteiger partial charge >= 0.3 is 5.69 Å². The minimum Gasteiger partial charge on any atom is -0.398 e. The van der Waals surface area contributed by atoms with Crippen LogP contribution in [0.5, 0.6) is 0 Å². The summed E-state index contributed by atoms with van der Waals surface area (Å²) < 4.78 is 13.3. The summed E-state index contributed by atoms with van der Waals surface area (Å²) in [6.45, 7) is 1.10. The number of benzene rings is 1. The molecule has 0 heterocycles. The van der Waals surface area contributed by atoms with E-state index in [-0.39, 0.29) is 5.69 Å². The van der Waals surface area contributed by atoms with Crippen LogP contribution >= 0.6 is 0 Å². The van der Waals surface area contributed by atoms with E-state index in [4.69, 9.17) is 5.73 Å². The second kappa shape index (κ2) is 3.41. The number of hydrogen-bond donors (Lipinski definition) is 1. The maximum atomic E-state index is 13.3. The van der Waals surface area contributed by atoms with Crippen molar-refractivity contribution in [2.75, 3.05) is 5.73 Å². The molecule has 1 aromatic rings. The zero-order valence-corrected chi connectivity index (χ0v) is 7.28. The fraction of sp³-hybridized carbons (Fsp3) is 0.125. The molecule has 0 fully saturated rings. The number of anilines is 1. The number of carbonyl (C=O) groups is 1. The van der Waals surface area contributed by atoms with Gasteiger partial charge in [-0.1, -0.05) is 0 Å². The van der Waals surface area contributed by atoms with E-state index in [1.165, 1.54) is 0 Å². The Hall–Kier alpha value is -1.98. The van der Waals surface area contributed by atoms with Crippen LogP contribution in [-0.4, -0.2) is 10.7 Å². The second-order valence-electron chi connectivity index (χ2n) is 2.68. The smallest absolute Gasteiger partial charge is 0.305 e. The Morgan fingerprint density at radius 2 is 2.14 bits per heavy atom. The summed E-state index contributed by atoms with van der Waals surface area (Å²) in [6, 6.07) is 2.06. The zero-order chi connectivity index (χ0) is 10.9. The lowest BCUT2D eigenvalue weighted by atomic mass is 10.1. The lowest BCUT2D eigenvalue weighted by molar-refractivity contribution is -0.387. The van der Waals surface area contributed by atoms with Crippen LogP contribution in [0.15, 0.2) is 12.1 Å². The molecule has 0 spiro atoms. The van der Waals surface area contributed by atoms with Crippen molar-refractivity contribution in [1.82, 2.24) is 0 Å². The third kappa shape index (κ3) is 1.54. The minimum absolute atomic E-state index is 0.0967. The highest BCUT2D eigenvalue weighted by atomic mass is 19.1. The SMILES string of the molecule is CC(=O)c1c(N)ccc([N+](=O)[O-])c1F. The zero-order valence-electron chi connectivity index (χ0n) is 7.28. The molecule has 0 aromatic heterocycles. The number of nitro groups is 1. The van der Waals surface area contributed by atoms with Gasteiger partial charge in [-0.3, -0.25) is 14.9 Å². The summed E-state index contributed by atoms with van der Waals surface area (Å²) in [5.41, 5.74) is 4.03. The largest absolute Gasteiger partial charge is 0.398 e. The molecule has 1 aromatic carbocycles. The summed E-state index contributed by atoms with van der Waals surface area (Å²) in [5, 5.41) is 10.3. The van der Waals surface area contributed by atoms with Crippen molar-refractivity contribution in [2.45, 2.75) is 6.92 Å². The average Bonchev–Trinajstić information content (AvgIpc) is 2.02. The molecule has 0 aliphatic carbocycles. The molecule has 0 saturated heterocycles. The monoisotopic (exact) mass is 198 g/mol. The van der Waals surface area contributed by atoms with E-state index in [2.05, 4.69) is 0 Å². The van der Waals surface area contributed by atoms with E-state index in [0.29, 0.717) is 0 Å². The Balaban J connectivity index is 3.49. The quantitative estimate of drug-likeness (QED) is 0.338. The molecule has 74 valence electrons. The average molecular weight is 198 g/mol. The van der Waals surface area contributed by atoms with Crippen molar-refractivity contribution in [3.63, 3.8) is 0 Å². The first-order chi connectivity index (χ1) is 6.45. The van der Waals surface area contributed by atoms with Gasteiger partial charge in [0, 0.05) is 11.8 Å². The van der Waals surface area contributed by atoms with Gasteiger partial charge in [0.15, 0.2) is 5.78 Å². The summed E-state index contributed by atoms with van der Waals surface area (Å²) >= 11 is 0. The minimum atomic E-state index is -1.18. The van der Waals surface area contributed by atoms with E-state index < -0.39 is 27.8 Å². The molecule has 0 amide bonds. The predicted octanol–water partition coefficient (Wildman–Crippen LogP) is 1.52. The normalized spacial score (nSPS) is 9.86. The molecule has 6 heteroatoms. The molecule has 5 nitrogen and oxygen atoms in total. The number of hydrogen-bond acceptors (Lipinski definition) is 4. The maximum Gasteiger partial charge on any atom is 0.305 e. The molecule has 0 unspecified atom stereocenters. The Kier molecular flexibility index (Phi) is 2.46. The Morgan fingerprint density at radius 1 is 1.57 bits per heavy atom. The Labute approximate surface area is 78.5 Å². The molecular formula is C8H7FN2O3. The van der Waals surface area contributed by atoms with E-state index in [0.717, 1.165) is 19.1 Å². The number of halogens is 1. The van der Waals surface area contributed by atoms with Crippen molar-refractivity contribution in [3.05, 3.63) is 33.6 Å². The van der Waals surface area contributed by atoms with E-state index in [9.17, 15) is 19.3 Å². The van der Waals surface area contributed by atoms with Crippen molar-refractivity contribution >= 4 is 17.2 Å². The van der Waals surface area contributed by atoms with Gasteiger partial charge in [0.25, 0.3) is 0 Å². The first kappa shape index (κ1) is 10.1. The van der Waals surface area contributed by atoms with Crippen molar-refractivity contribution in [1.29, 1.82) is 0 Å².